The zero-order chi connectivity index (χ0) is 29.3. The first kappa shape index (κ1) is 28.9. The number of aromatic nitrogens is 3. The number of aromatic carboxylic acids is 1. The summed E-state index contributed by atoms with van der Waals surface area (Å²) in [4.78, 5) is 51.4. The third-order valence-corrected chi connectivity index (χ3v) is 9.40. The van der Waals surface area contributed by atoms with Crippen molar-refractivity contribution in [2.75, 3.05) is 43.0 Å². The Bertz CT molecular complexity index is 1560. The molecule has 1 saturated heterocycles. The number of esters is 1. The van der Waals surface area contributed by atoms with Crippen molar-refractivity contribution in [1.82, 2.24) is 19.4 Å². The molecule has 0 unspecified atom stereocenters. The van der Waals surface area contributed by atoms with Crippen molar-refractivity contribution in [1.29, 1.82) is 0 Å². The lowest BCUT2D eigenvalue weighted by Crippen LogP contribution is -2.50. The van der Waals surface area contributed by atoms with Crippen LogP contribution in [0.15, 0.2) is 17.2 Å². The Hall–Kier alpha value is -3.58. The molecule has 1 fully saturated rings. The second kappa shape index (κ2) is 12.1. The quantitative estimate of drug-likeness (QED) is 0.304. The molecule has 1 atom stereocenters. The van der Waals surface area contributed by atoms with Crippen molar-refractivity contribution in [2.24, 2.45) is 5.92 Å². The highest BCUT2D eigenvalue weighted by atomic mass is 32.1. The van der Waals surface area contributed by atoms with Crippen LogP contribution < -0.4 is 15.6 Å². The van der Waals surface area contributed by atoms with E-state index in [0.717, 1.165) is 36.2 Å². The molecule has 11 nitrogen and oxygen atoms in total. The first-order chi connectivity index (χ1) is 19.7. The van der Waals surface area contributed by atoms with E-state index in [1.807, 2.05) is 18.7 Å². The number of hydrogen-bond donors (Lipinski definition) is 2. The maximum Gasteiger partial charge on any atom is 0.341 e. The lowest BCUT2D eigenvalue weighted by molar-refractivity contribution is 0.0526. The number of nitrogens with one attached hydrogen (secondary N) is 1. The number of fused-ring (bicyclic) bond motifs is 2. The molecule has 1 aliphatic heterocycles. The number of ether oxygens (including phenoxy) is 1. The van der Waals surface area contributed by atoms with E-state index in [0.29, 0.717) is 67.5 Å². The van der Waals surface area contributed by atoms with Gasteiger partial charge in [0.1, 0.15) is 16.2 Å². The Morgan fingerprint density at radius 1 is 1.22 bits per heavy atom. The molecule has 218 valence electrons. The average molecular weight is 599 g/mol. The maximum absolute atomic E-state index is 12.9. The van der Waals surface area contributed by atoms with Gasteiger partial charge in [-0.05, 0) is 56.8 Å². The molecule has 2 N–H and O–H groups in total. The first-order valence-electron chi connectivity index (χ1n) is 14.0. The van der Waals surface area contributed by atoms with Crippen molar-refractivity contribution in [3.05, 3.63) is 44.2 Å². The summed E-state index contributed by atoms with van der Waals surface area (Å²) < 4.78 is 7.07. The molecule has 3 aromatic heterocycles. The molecule has 0 amide bonds. The van der Waals surface area contributed by atoms with Crippen molar-refractivity contribution in [3.63, 3.8) is 0 Å². The second-order valence-electron chi connectivity index (χ2n) is 10.2. The fourth-order valence-electron chi connectivity index (χ4n) is 5.51. The van der Waals surface area contributed by atoms with E-state index in [2.05, 4.69) is 27.1 Å². The highest BCUT2D eigenvalue weighted by molar-refractivity contribution is 7.80. The number of aryl methyl sites for hydroxylation is 1. The normalized spacial score (nSPS) is 16.9. The van der Waals surface area contributed by atoms with Crippen LogP contribution >= 0.6 is 23.6 Å². The van der Waals surface area contributed by atoms with Gasteiger partial charge in [-0.1, -0.05) is 13.3 Å². The zero-order valence-electron chi connectivity index (χ0n) is 23.4. The van der Waals surface area contributed by atoms with Crippen LogP contribution in [0.25, 0.3) is 11.0 Å². The minimum atomic E-state index is -1.27. The average Bonchev–Trinajstić information content (AvgIpc) is 3.34. The minimum absolute atomic E-state index is 0.181. The van der Waals surface area contributed by atoms with Gasteiger partial charge < -0.3 is 29.5 Å². The number of pyridine rings is 1. The van der Waals surface area contributed by atoms with Gasteiger partial charge in [0.05, 0.1) is 17.6 Å². The number of thiocarbonyl (C=S) groups is 1. The Labute approximate surface area is 247 Å². The fourth-order valence-corrected chi connectivity index (χ4v) is 7.20. The number of piperazine rings is 1. The number of carboxylic acids is 1. The van der Waals surface area contributed by atoms with Gasteiger partial charge in [-0.3, -0.25) is 4.79 Å². The van der Waals surface area contributed by atoms with E-state index in [1.165, 1.54) is 17.3 Å². The molecular weight excluding hydrogens is 564 g/mol. The predicted octanol–water partition coefficient (Wildman–Crippen LogP) is 3.78. The standard InChI is InChI=1S/C28H34N6O5S2/c1-4-16-7-8-17-20(13-16)41-24(21(17)26(38)39-6-3)31-28(40)34-11-9-33(10-12-34)27-29-14-18-22(35)19(25(36)37)15-32(5-2)23(18)30-27/h14-16H,4-13H2,1-3H3,(H,31,40)(H,36,37)/t16-/m0/s1. The first-order valence-corrected chi connectivity index (χ1v) is 15.2. The van der Waals surface area contributed by atoms with Crippen LogP contribution in [-0.2, 0) is 24.1 Å². The van der Waals surface area contributed by atoms with E-state index < -0.39 is 11.4 Å². The Morgan fingerprint density at radius 3 is 2.63 bits per heavy atom. The number of hydrogen-bond acceptors (Lipinski definition) is 9. The van der Waals surface area contributed by atoms with Crippen molar-refractivity contribution in [3.8, 4) is 0 Å². The number of carbonyl (C=O) groups is 2. The summed E-state index contributed by atoms with van der Waals surface area (Å²) in [6.45, 7) is 9.09. The molecule has 0 spiro atoms. The van der Waals surface area contributed by atoms with E-state index >= 15 is 0 Å². The summed E-state index contributed by atoms with van der Waals surface area (Å²) in [5.41, 5.74) is 1.24. The second-order valence-corrected chi connectivity index (χ2v) is 11.7. The van der Waals surface area contributed by atoms with E-state index in [4.69, 9.17) is 17.0 Å². The fraction of sp³-hybridized carbons (Fsp3) is 0.500. The lowest BCUT2D eigenvalue weighted by Gasteiger charge is -2.36. The van der Waals surface area contributed by atoms with Gasteiger partial charge in [0.25, 0.3) is 0 Å². The van der Waals surface area contributed by atoms with Crippen molar-refractivity contribution < 1.29 is 19.4 Å². The van der Waals surface area contributed by atoms with Gasteiger partial charge in [-0.2, -0.15) is 4.98 Å². The molecule has 0 radical (unpaired) electrons. The minimum Gasteiger partial charge on any atom is -0.477 e. The number of carbonyl (C=O) groups excluding carboxylic acids is 1. The molecule has 41 heavy (non-hydrogen) atoms. The summed E-state index contributed by atoms with van der Waals surface area (Å²) >= 11 is 7.40. The largest absolute Gasteiger partial charge is 0.477 e. The van der Waals surface area contributed by atoms with Crippen LogP contribution in [0.1, 0.15) is 64.8 Å². The summed E-state index contributed by atoms with van der Waals surface area (Å²) in [5.74, 6) is -0.468. The number of nitrogens with zero attached hydrogens (tertiary/aromatic N) is 5. The van der Waals surface area contributed by atoms with Crippen molar-refractivity contribution >= 4 is 62.6 Å². The molecule has 1 aliphatic carbocycles. The number of thiophene rings is 1. The van der Waals surface area contributed by atoms with E-state index in [9.17, 15) is 19.5 Å². The van der Waals surface area contributed by atoms with Crippen LogP contribution in [0.2, 0.25) is 0 Å². The molecule has 3 aromatic rings. The van der Waals surface area contributed by atoms with Gasteiger partial charge in [0.15, 0.2) is 5.11 Å². The number of carboxylic acid groups (broad SMARTS) is 1. The van der Waals surface area contributed by atoms with E-state index in [1.54, 1.807) is 15.9 Å². The lowest BCUT2D eigenvalue weighted by atomic mass is 9.86. The molecule has 0 saturated carbocycles. The Kier molecular flexibility index (Phi) is 8.55. The van der Waals surface area contributed by atoms with Crippen LogP contribution in [-0.4, -0.2) is 74.4 Å². The highest BCUT2D eigenvalue weighted by Crippen LogP contribution is 2.41. The monoisotopic (exact) mass is 598 g/mol. The molecule has 5 rings (SSSR count). The summed E-state index contributed by atoms with van der Waals surface area (Å²) in [7, 11) is 0. The highest BCUT2D eigenvalue weighted by Gasteiger charge is 2.30. The Morgan fingerprint density at radius 2 is 1.98 bits per heavy atom. The van der Waals surface area contributed by atoms with Crippen LogP contribution in [0, 0.1) is 5.92 Å². The summed E-state index contributed by atoms with van der Waals surface area (Å²) in [6, 6.07) is 0. The SMILES string of the molecule is CCOC(=O)c1c(NC(=S)N2CCN(c3ncc4c(=O)c(C(=O)O)cn(CC)c4n3)CC2)sc2c1CC[C@H](CC)C2. The van der Waals surface area contributed by atoms with Gasteiger partial charge in [0.2, 0.25) is 11.4 Å². The van der Waals surface area contributed by atoms with E-state index in [-0.39, 0.29) is 16.9 Å². The third kappa shape index (κ3) is 5.65. The number of rotatable bonds is 7. The van der Waals surface area contributed by atoms with Crippen LogP contribution in [0.4, 0.5) is 10.9 Å². The molecule has 0 aromatic carbocycles. The molecular formula is C28H34N6O5S2. The molecule has 2 aliphatic rings. The van der Waals surface area contributed by atoms with Crippen molar-refractivity contribution in [2.45, 2.75) is 53.0 Å². The smallest absolute Gasteiger partial charge is 0.341 e. The van der Waals surface area contributed by atoms with Gasteiger partial charge in [-0.25, -0.2) is 14.6 Å². The zero-order valence-corrected chi connectivity index (χ0v) is 25.1. The molecule has 4 heterocycles. The summed E-state index contributed by atoms with van der Waals surface area (Å²) in [5, 5.41) is 14.3. The van der Waals surface area contributed by atoms with Gasteiger partial charge in [0, 0.05) is 50.0 Å². The summed E-state index contributed by atoms with van der Waals surface area (Å²) in [6.07, 6.45) is 6.80. The molecule has 13 heteroatoms. The predicted molar refractivity (Wildman–Crippen MR) is 163 cm³/mol. The maximum atomic E-state index is 12.9. The van der Waals surface area contributed by atoms with Gasteiger partial charge >= 0.3 is 11.9 Å². The topological polar surface area (TPSA) is 130 Å². The van der Waals surface area contributed by atoms with Crippen LogP contribution in [0.5, 0.6) is 0 Å². The molecule has 0 bridgehead atoms. The van der Waals surface area contributed by atoms with Crippen LogP contribution in [0.3, 0.4) is 0 Å². The Balaban J connectivity index is 1.31. The third-order valence-electron chi connectivity index (χ3n) is 7.87. The number of anilines is 2. The van der Waals surface area contributed by atoms with Gasteiger partial charge in [-0.15, -0.1) is 11.3 Å².